The van der Waals surface area contributed by atoms with Crippen LogP contribution in [0.2, 0.25) is 0 Å². The molecule has 1 aromatic rings. The van der Waals surface area contributed by atoms with Crippen LogP contribution in [0.4, 0.5) is 0 Å². The molecule has 0 radical (unpaired) electrons. The molecular formula is C16H31N3. The van der Waals surface area contributed by atoms with E-state index in [2.05, 4.69) is 62.0 Å². The number of hydrogen-bond acceptors (Lipinski definition) is 2. The van der Waals surface area contributed by atoms with Gasteiger partial charge in [0.2, 0.25) is 0 Å². The third-order valence-electron chi connectivity index (χ3n) is 3.35. The molecule has 1 aromatic heterocycles. The molecule has 110 valence electrons. The van der Waals surface area contributed by atoms with Gasteiger partial charge in [0, 0.05) is 12.2 Å². The highest BCUT2D eigenvalue weighted by molar-refractivity contribution is 5.01. The van der Waals surface area contributed by atoms with Crippen molar-refractivity contribution in [1.82, 2.24) is 15.1 Å². The number of aromatic nitrogens is 2. The smallest absolute Gasteiger partial charge is 0.0627 e. The van der Waals surface area contributed by atoms with Crippen LogP contribution in [0.1, 0.15) is 59.2 Å². The Balaban J connectivity index is 2.53. The van der Waals surface area contributed by atoms with E-state index in [1.807, 2.05) is 0 Å². The Morgan fingerprint density at radius 3 is 2.53 bits per heavy atom. The van der Waals surface area contributed by atoms with Gasteiger partial charge in [0.05, 0.1) is 5.69 Å². The van der Waals surface area contributed by atoms with Gasteiger partial charge in [0.1, 0.15) is 0 Å². The van der Waals surface area contributed by atoms with Crippen LogP contribution in [0, 0.1) is 11.8 Å². The first-order valence-electron chi connectivity index (χ1n) is 7.77. The molecule has 3 heteroatoms. The summed E-state index contributed by atoms with van der Waals surface area (Å²) in [4.78, 5) is 0. The molecule has 0 saturated carbocycles. The highest BCUT2D eigenvalue weighted by Crippen LogP contribution is 2.16. The normalized spacial score (nSPS) is 13.4. The molecule has 0 aliphatic rings. The molecule has 1 N–H and O–H groups in total. The summed E-state index contributed by atoms with van der Waals surface area (Å²) < 4.78 is 2.06. The van der Waals surface area contributed by atoms with Crippen molar-refractivity contribution in [3.05, 3.63) is 18.0 Å². The molecular weight excluding hydrogens is 234 g/mol. The van der Waals surface area contributed by atoms with Crippen molar-refractivity contribution in [3.8, 4) is 0 Å². The number of rotatable bonds is 9. The topological polar surface area (TPSA) is 29.9 Å². The summed E-state index contributed by atoms with van der Waals surface area (Å²) in [5.74, 6) is 1.45. The van der Waals surface area contributed by atoms with Crippen LogP contribution in [0.25, 0.3) is 0 Å². The average Bonchev–Trinajstić information content (AvgIpc) is 2.77. The summed E-state index contributed by atoms with van der Waals surface area (Å²) in [6.45, 7) is 13.4. The van der Waals surface area contributed by atoms with E-state index in [0.29, 0.717) is 12.0 Å². The average molecular weight is 265 g/mol. The quantitative estimate of drug-likeness (QED) is 0.690. The molecule has 0 amide bonds. The van der Waals surface area contributed by atoms with E-state index in [1.54, 1.807) is 0 Å². The van der Waals surface area contributed by atoms with Crippen molar-refractivity contribution in [1.29, 1.82) is 0 Å². The van der Waals surface area contributed by atoms with Crippen LogP contribution in [-0.4, -0.2) is 22.9 Å². The van der Waals surface area contributed by atoms with Crippen LogP contribution in [0.5, 0.6) is 0 Å². The Bertz CT molecular complexity index is 342. The van der Waals surface area contributed by atoms with Crippen LogP contribution in [0.3, 0.4) is 0 Å². The third kappa shape index (κ3) is 6.24. The molecule has 0 aliphatic carbocycles. The van der Waals surface area contributed by atoms with Gasteiger partial charge in [-0.05, 0) is 64.1 Å². The molecule has 0 fully saturated rings. The van der Waals surface area contributed by atoms with Crippen LogP contribution in [0.15, 0.2) is 12.3 Å². The fraction of sp³-hybridized carbons (Fsp3) is 0.812. The maximum Gasteiger partial charge on any atom is 0.0627 e. The lowest BCUT2D eigenvalue weighted by molar-refractivity contribution is 0.380. The van der Waals surface area contributed by atoms with Gasteiger partial charge in [-0.15, -0.1) is 0 Å². The Hall–Kier alpha value is -0.830. The zero-order chi connectivity index (χ0) is 14.3. The monoisotopic (exact) mass is 265 g/mol. The number of nitrogens with zero attached hydrogens (tertiary/aromatic N) is 2. The minimum atomic E-state index is 0.454. The minimum absolute atomic E-state index is 0.454. The second-order valence-corrected chi connectivity index (χ2v) is 6.28. The first-order valence-corrected chi connectivity index (χ1v) is 7.77. The minimum Gasteiger partial charge on any atom is -0.316 e. The maximum atomic E-state index is 4.67. The SMILES string of the molecule is CCCNCC(Cc1ccn(C(C)C)n1)CC(C)C. The van der Waals surface area contributed by atoms with Gasteiger partial charge in [0.25, 0.3) is 0 Å². The highest BCUT2D eigenvalue weighted by atomic mass is 15.3. The van der Waals surface area contributed by atoms with Crippen molar-refractivity contribution < 1.29 is 0 Å². The lowest BCUT2D eigenvalue weighted by atomic mass is 9.93. The molecule has 0 aromatic carbocycles. The van der Waals surface area contributed by atoms with E-state index in [9.17, 15) is 0 Å². The third-order valence-corrected chi connectivity index (χ3v) is 3.35. The summed E-state index contributed by atoms with van der Waals surface area (Å²) >= 11 is 0. The van der Waals surface area contributed by atoms with Crippen LogP contribution in [-0.2, 0) is 6.42 Å². The zero-order valence-electron chi connectivity index (χ0n) is 13.3. The summed E-state index contributed by atoms with van der Waals surface area (Å²) in [6.07, 6.45) is 5.67. The standard InChI is InChI=1S/C16H31N3/c1-6-8-17-12-15(10-13(2)3)11-16-7-9-19(18-16)14(4)5/h7,9,13-15,17H,6,8,10-12H2,1-5H3. The van der Waals surface area contributed by atoms with Gasteiger partial charge in [-0.25, -0.2) is 0 Å². The molecule has 0 aliphatic heterocycles. The van der Waals surface area contributed by atoms with E-state index in [4.69, 9.17) is 0 Å². The first-order chi connectivity index (χ1) is 9.02. The lowest BCUT2D eigenvalue weighted by Gasteiger charge is -2.18. The summed E-state index contributed by atoms with van der Waals surface area (Å²) in [6, 6.07) is 2.63. The van der Waals surface area contributed by atoms with Gasteiger partial charge < -0.3 is 5.32 Å². The predicted octanol–water partition coefficient (Wildman–Crippen LogP) is 3.67. The van der Waals surface area contributed by atoms with Crippen molar-refractivity contribution in [2.75, 3.05) is 13.1 Å². The fourth-order valence-corrected chi connectivity index (χ4v) is 2.46. The van der Waals surface area contributed by atoms with Gasteiger partial charge >= 0.3 is 0 Å². The maximum absolute atomic E-state index is 4.67. The van der Waals surface area contributed by atoms with Gasteiger partial charge in [-0.1, -0.05) is 20.8 Å². The molecule has 3 nitrogen and oxygen atoms in total. The van der Waals surface area contributed by atoms with Gasteiger partial charge in [-0.2, -0.15) is 5.10 Å². The first kappa shape index (κ1) is 16.2. The van der Waals surface area contributed by atoms with Crippen molar-refractivity contribution in [3.63, 3.8) is 0 Å². The molecule has 0 saturated heterocycles. The summed E-state index contributed by atoms with van der Waals surface area (Å²) in [7, 11) is 0. The molecule has 19 heavy (non-hydrogen) atoms. The second-order valence-electron chi connectivity index (χ2n) is 6.28. The lowest BCUT2D eigenvalue weighted by Crippen LogP contribution is -2.26. The van der Waals surface area contributed by atoms with Crippen molar-refractivity contribution >= 4 is 0 Å². The Kier molecular flexibility index (Phi) is 7.14. The molecule has 1 unspecified atom stereocenters. The summed E-state index contributed by atoms with van der Waals surface area (Å²) in [5.41, 5.74) is 1.23. The Morgan fingerprint density at radius 1 is 1.26 bits per heavy atom. The van der Waals surface area contributed by atoms with E-state index >= 15 is 0 Å². The number of nitrogens with one attached hydrogen (secondary N) is 1. The summed E-state index contributed by atoms with van der Waals surface area (Å²) in [5, 5.41) is 8.23. The predicted molar refractivity (Wildman–Crippen MR) is 82.4 cm³/mol. The largest absolute Gasteiger partial charge is 0.316 e. The highest BCUT2D eigenvalue weighted by Gasteiger charge is 2.13. The molecule has 1 rings (SSSR count). The van der Waals surface area contributed by atoms with Crippen molar-refractivity contribution in [2.24, 2.45) is 11.8 Å². The Morgan fingerprint density at radius 2 is 2.00 bits per heavy atom. The van der Waals surface area contributed by atoms with Gasteiger partial charge in [-0.3, -0.25) is 4.68 Å². The van der Waals surface area contributed by atoms with E-state index in [-0.39, 0.29) is 0 Å². The van der Waals surface area contributed by atoms with Crippen LogP contribution < -0.4 is 5.32 Å². The fourth-order valence-electron chi connectivity index (χ4n) is 2.46. The molecule has 0 bridgehead atoms. The Labute approximate surface area is 118 Å². The zero-order valence-corrected chi connectivity index (χ0v) is 13.3. The molecule has 1 atom stereocenters. The van der Waals surface area contributed by atoms with E-state index in [0.717, 1.165) is 25.4 Å². The van der Waals surface area contributed by atoms with Crippen molar-refractivity contribution in [2.45, 2.75) is 59.9 Å². The molecule has 0 spiro atoms. The molecule has 1 heterocycles. The van der Waals surface area contributed by atoms with Crippen LogP contribution >= 0.6 is 0 Å². The van der Waals surface area contributed by atoms with Gasteiger partial charge in [0.15, 0.2) is 0 Å². The number of hydrogen-bond donors (Lipinski definition) is 1. The van der Waals surface area contributed by atoms with E-state index < -0.39 is 0 Å². The van der Waals surface area contributed by atoms with E-state index in [1.165, 1.54) is 18.5 Å². The second kappa shape index (κ2) is 8.36.